The van der Waals surface area contributed by atoms with Gasteiger partial charge in [0.2, 0.25) is 11.8 Å². The average Bonchev–Trinajstić information content (AvgIpc) is 2.82. The van der Waals surface area contributed by atoms with Crippen LogP contribution in [0.1, 0.15) is 12.7 Å². The molecule has 2 N–H and O–H groups in total. The van der Waals surface area contributed by atoms with Gasteiger partial charge in [-0.2, -0.15) is 11.8 Å². The first-order valence-corrected chi connectivity index (χ1v) is 8.45. The molecule has 0 atom stereocenters. The summed E-state index contributed by atoms with van der Waals surface area (Å²) in [4.78, 5) is 27.4. The monoisotopic (exact) mass is 320 g/mol. The lowest BCUT2D eigenvalue weighted by Gasteiger charge is -2.09. The van der Waals surface area contributed by atoms with E-state index < -0.39 is 0 Å². The molecule has 0 aliphatic heterocycles. The molecule has 0 aliphatic rings. The Balaban J connectivity index is 2.04. The third kappa shape index (κ3) is 4.24. The van der Waals surface area contributed by atoms with Gasteiger partial charge in [0.1, 0.15) is 12.4 Å². The molecule has 2 aromatic rings. The van der Waals surface area contributed by atoms with Crippen LogP contribution in [0.2, 0.25) is 0 Å². The first-order chi connectivity index (χ1) is 10.6. The Bertz CT molecular complexity index is 669. The van der Waals surface area contributed by atoms with Crippen molar-refractivity contribution in [3.8, 4) is 0 Å². The maximum atomic E-state index is 12.1. The Hall–Kier alpha value is -2.02. The molecular formula is C15H20N4O2S. The summed E-state index contributed by atoms with van der Waals surface area (Å²) in [5.41, 5.74) is 1.86. The molecule has 1 aromatic carbocycles. The number of carbonyl (C=O) groups is 2. The quantitative estimate of drug-likeness (QED) is 0.751. The van der Waals surface area contributed by atoms with Crippen LogP contribution < -0.4 is 10.6 Å². The standard InChI is InChI=1S/C15H20N4O2S/c1-11(20)16-7-8-17-15(21)9-19-13-6-4-3-5-12(13)18-14(19)10-22-2/h3-6H,7-10H2,1-2H3,(H,16,20)(H,17,21). The van der Waals surface area contributed by atoms with E-state index in [9.17, 15) is 9.59 Å². The maximum absolute atomic E-state index is 12.1. The number of nitrogens with one attached hydrogen (secondary N) is 2. The summed E-state index contributed by atoms with van der Waals surface area (Å²) < 4.78 is 1.94. The van der Waals surface area contributed by atoms with Crippen molar-refractivity contribution in [2.24, 2.45) is 0 Å². The van der Waals surface area contributed by atoms with E-state index in [2.05, 4.69) is 15.6 Å². The molecule has 0 saturated carbocycles. The van der Waals surface area contributed by atoms with Gasteiger partial charge in [-0.1, -0.05) is 12.1 Å². The van der Waals surface area contributed by atoms with Crippen LogP contribution in [-0.4, -0.2) is 40.7 Å². The molecule has 0 spiro atoms. The number of hydrogen-bond donors (Lipinski definition) is 2. The van der Waals surface area contributed by atoms with Gasteiger partial charge >= 0.3 is 0 Å². The van der Waals surface area contributed by atoms with E-state index in [0.717, 1.165) is 22.6 Å². The minimum atomic E-state index is -0.0999. The molecule has 0 radical (unpaired) electrons. The molecule has 1 aromatic heterocycles. The van der Waals surface area contributed by atoms with E-state index in [0.29, 0.717) is 13.1 Å². The Morgan fingerprint density at radius 1 is 1.23 bits per heavy atom. The van der Waals surface area contributed by atoms with Crippen molar-refractivity contribution in [2.45, 2.75) is 19.2 Å². The zero-order valence-corrected chi connectivity index (χ0v) is 13.6. The first kappa shape index (κ1) is 16.4. The van der Waals surface area contributed by atoms with Crippen LogP contribution in [0, 0.1) is 0 Å². The third-order valence-corrected chi connectivity index (χ3v) is 3.68. The zero-order chi connectivity index (χ0) is 15.9. The molecule has 2 rings (SSSR count). The van der Waals surface area contributed by atoms with E-state index in [-0.39, 0.29) is 18.4 Å². The van der Waals surface area contributed by atoms with E-state index >= 15 is 0 Å². The van der Waals surface area contributed by atoms with Gasteiger partial charge in [0.25, 0.3) is 0 Å². The number of amides is 2. The summed E-state index contributed by atoms with van der Waals surface area (Å²) in [7, 11) is 0. The lowest BCUT2D eigenvalue weighted by atomic mass is 10.3. The Labute approximate surface area is 133 Å². The number of rotatable bonds is 7. The zero-order valence-electron chi connectivity index (χ0n) is 12.8. The Morgan fingerprint density at radius 3 is 2.68 bits per heavy atom. The normalized spacial score (nSPS) is 10.6. The van der Waals surface area contributed by atoms with Gasteiger partial charge in [0.15, 0.2) is 0 Å². The molecule has 0 aliphatic carbocycles. The van der Waals surface area contributed by atoms with Gasteiger partial charge in [-0.05, 0) is 18.4 Å². The first-order valence-electron chi connectivity index (χ1n) is 7.06. The number of imidazole rings is 1. The Kier molecular flexibility index (Phi) is 5.83. The molecule has 1 heterocycles. The number of hydrogen-bond acceptors (Lipinski definition) is 4. The van der Waals surface area contributed by atoms with E-state index in [1.807, 2.05) is 35.1 Å². The summed E-state index contributed by atoms with van der Waals surface area (Å²) in [6.07, 6.45) is 2.01. The van der Waals surface area contributed by atoms with Crippen molar-refractivity contribution in [3.05, 3.63) is 30.1 Å². The molecule has 2 amide bonds. The third-order valence-electron chi connectivity index (χ3n) is 3.13. The van der Waals surface area contributed by atoms with Crippen molar-refractivity contribution in [1.29, 1.82) is 0 Å². The summed E-state index contributed by atoms with van der Waals surface area (Å²) in [6, 6.07) is 7.80. The molecule has 6 nitrogen and oxygen atoms in total. The van der Waals surface area contributed by atoms with E-state index in [1.165, 1.54) is 6.92 Å². The lowest BCUT2D eigenvalue weighted by Crippen LogP contribution is -2.35. The second-order valence-corrected chi connectivity index (χ2v) is 5.73. The second-order valence-electron chi connectivity index (χ2n) is 4.87. The van der Waals surface area contributed by atoms with Crippen molar-refractivity contribution in [3.63, 3.8) is 0 Å². The predicted octanol–water partition coefficient (Wildman–Crippen LogP) is 1.15. The highest BCUT2D eigenvalue weighted by atomic mass is 32.2. The van der Waals surface area contributed by atoms with Gasteiger partial charge in [-0.25, -0.2) is 4.98 Å². The maximum Gasteiger partial charge on any atom is 0.240 e. The number of fused-ring (bicyclic) bond motifs is 1. The minimum Gasteiger partial charge on any atom is -0.355 e. The van der Waals surface area contributed by atoms with Crippen molar-refractivity contribution >= 4 is 34.6 Å². The number of aromatic nitrogens is 2. The lowest BCUT2D eigenvalue weighted by molar-refractivity contribution is -0.122. The fourth-order valence-electron chi connectivity index (χ4n) is 2.18. The SMILES string of the molecule is CSCc1nc2ccccc2n1CC(=O)NCCNC(C)=O. The fourth-order valence-corrected chi connectivity index (χ4v) is 2.66. The average molecular weight is 320 g/mol. The highest BCUT2D eigenvalue weighted by Gasteiger charge is 2.12. The smallest absolute Gasteiger partial charge is 0.240 e. The minimum absolute atomic E-state index is 0.0872. The van der Waals surface area contributed by atoms with Gasteiger partial charge in [-0.3, -0.25) is 9.59 Å². The molecule has 0 bridgehead atoms. The molecule has 7 heteroatoms. The summed E-state index contributed by atoms with van der Waals surface area (Å²) in [6.45, 7) is 2.54. The number of para-hydroxylation sites is 2. The number of nitrogens with zero attached hydrogens (tertiary/aromatic N) is 2. The van der Waals surface area contributed by atoms with Crippen molar-refractivity contribution < 1.29 is 9.59 Å². The number of benzene rings is 1. The number of carbonyl (C=O) groups excluding carboxylic acids is 2. The van der Waals surface area contributed by atoms with Crippen LogP contribution in [0.5, 0.6) is 0 Å². The largest absolute Gasteiger partial charge is 0.355 e. The summed E-state index contributed by atoms with van der Waals surface area (Å²) >= 11 is 1.67. The molecule has 0 unspecified atom stereocenters. The van der Waals surface area contributed by atoms with Crippen LogP contribution in [0.4, 0.5) is 0 Å². The van der Waals surface area contributed by atoms with Crippen LogP contribution >= 0.6 is 11.8 Å². The Morgan fingerprint density at radius 2 is 1.95 bits per heavy atom. The molecule has 0 fully saturated rings. The van der Waals surface area contributed by atoms with Gasteiger partial charge in [0, 0.05) is 20.0 Å². The van der Waals surface area contributed by atoms with Gasteiger partial charge in [0.05, 0.1) is 16.8 Å². The van der Waals surface area contributed by atoms with Crippen molar-refractivity contribution in [2.75, 3.05) is 19.3 Å². The van der Waals surface area contributed by atoms with Crippen LogP contribution in [-0.2, 0) is 21.9 Å². The summed E-state index contributed by atoms with van der Waals surface area (Å²) in [5, 5.41) is 5.45. The fraction of sp³-hybridized carbons (Fsp3) is 0.400. The summed E-state index contributed by atoms with van der Waals surface area (Å²) in [5.74, 6) is 1.46. The van der Waals surface area contributed by atoms with Crippen LogP contribution in [0.3, 0.4) is 0 Å². The molecular weight excluding hydrogens is 300 g/mol. The second kappa shape index (κ2) is 7.84. The van der Waals surface area contributed by atoms with Gasteiger partial charge < -0.3 is 15.2 Å². The van der Waals surface area contributed by atoms with E-state index in [1.54, 1.807) is 11.8 Å². The van der Waals surface area contributed by atoms with E-state index in [4.69, 9.17) is 0 Å². The van der Waals surface area contributed by atoms with Crippen LogP contribution in [0.25, 0.3) is 11.0 Å². The number of thioether (sulfide) groups is 1. The molecule has 0 saturated heterocycles. The molecule has 118 valence electrons. The highest BCUT2D eigenvalue weighted by molar-refractivity contribution is 7.97. The van der Waals surface area contributed by atoms with Crippen LogP contribution in [0.15, 0.2) is 24.3 Å². The topological polar surface area (TPSA) is 76.0 Å². The predicted molar refractivity (Wildman–Crippen MR) is 88.6 cm³/mol. The highest BCUT2D eigenvalue weighted by Crippen LogP contribution is 2.18. The van der Waals surface area contributed by atoms with Crippen molar-refractivity contribution in [1.82, 2.24) is 20.2 Å². The van der Waals surface area contributed by atoms with Gasteiger partial charge in [-0.15, -0.1) is 0 Å². The molecule has 22 heavy (non-hydrogen) atoms.